The molecular weight excluding hydrogens is 234 g/mol. The summed E-state index contributed by atoms with van der Waals surface area (Å²) in [6.07, 6.45) is 3.83. The molecule has 1 aromatic rings. The second-order valence-corrected chi connectivity index (χ2v) is 4.02. The first-order chi connectivity index (χ1) is 7.15. The molecule has 0 amide bonds. The Morgan fingerprint density at radius 2 is 2.27 bits per heavy atom. The van der Waals surface area contributed by atoms with Gasteiger partial charge in [0.2, 0.25) is 0 Å². The summed E-state index contributed by atoms with van der Waals surface area (Å²) in [5.74, 6) is 1.37. The number of rotatable bonds is 4. The lowest BCUT2D eigenvalue weighted by Crippen LogP contribution is -2.33. The predicted molar refractivity (Wildman–Crippen MR) is 63.8 cm³/mol. The number of aromatic amines is 1. The molecule has 0 fully saturated rings. The first-order valence-corrected chi connectivity index (χ1v) is 5.83. The SMILES string of the molecule is Cn1[nH]c(=O)c(=O)nc1SC/C=C/CS. The Bertz CT molecular complexity index is 464. The molecule has 0 atom stereocenters. The molecule has 1 heterocycles. The third-order valence-electron chi connectivity index (χ3n) is 1.53. The maximum Gasteiger partial charge on any atom is 0.339 e. The number of hydrogen-bond donors (Lipinski definition) is 2. The third kappa shape index (κ3) is 3.60. The van der Waals surface area contributed by atoms with Gasteiger partial charge in [0.05, 0.1) is 0 Å². The minimum absolute atomic E-state index is 0.489. The van der Waals surface area contributed by atoms with Gasteiger partial charge in [0.1, 0.15) is 0 Å². The second kappa shape index (κ2) is 5.82. The Morgan fingerprint density at radius 3 is 2.93 bits per heavy atom. The van der Waals surface area contributed by atoms with Crippen LogP contribution in [0.15, 0.2) is 26.9 Å². The molecule has 0 aliphatic heterocycles. The molecule has 82 valence electrons. The molecule has 15 heavy (non-hydrogen) atoms. The molecule has 0 aliphatic rings. The van der Waals surface area contributed by atoms with E-state index in [1.54, 1.807) is 7.05 Å². The summed E-state index contributed by atoms with van der Waals surface area (Å²) in [5.41, 5.74) is -1.46. The van der Waals surface area contributed by atoms with Gasteiger partial charge in [-0.15, -0.1) is 0 Å². The van der Waals surface area contributed by atoms with Gasteiger partial charge < -0.3 is 0 Å². The van der Waals surface area contributed by atoms with Gasteiger partial charge in [-0.3, -0.25) is 19.4 Å². The highest BCUT2D eigenvalue weighted by atomic mass is 32.2. The van der Waals surface area contributed by atoms with Crippen LogP contribution in [0.5, 0.6) is 0 Å². The van der Waals surface area contributed by atoms with E-state index in [2.05, 4.69) is 22.7 Å². The molecule has 7 heteroatoms. The predicted octanol–water partition coefficient (Wildman–Crippen LogP) is 0.0467. The zero-order valence-corrected chi connectivity index (χ0v) is 9.85. The van der Waals surface area contributed by atoms with Gasteiger partial charge in [0.15, 0.2) is 5.16 Å². The molecule has 1 aromatic heterocycles. The van der Waals surface area contributed by atoms with Crippen LogP contribution in [0.1, 0.15) is 0 Å². The average Bonchev–Trinajstić information content (AvgIpc) is 2.20. The summed E-state index contributed by atoms with van der Waals surface area (Å²) in [6.45, 7) is 0. The van der Waals surface area contributed by atoms with Crippen LogP contribution < -0.4 is 11.1 Å². The van der Waals surface area contributed by atoms with Crippen molar-refractivity contribution in [1.29, 1.82) is 0 Å². The van der Waals surface area contributed by atoms with Crippen LogP contribution >= 0.6 is 24.4 Å². The molecule has 0 aliphatic carbocycles. The number of nitrogens with zero attached hydrogens (tertiary/aromatic N) is 2. The molecule has 1 rings (SSSR count). The molecule has 0 unspecified atom stereocenters. The van der Waals surface area contributed by atoms with Crippen molar-refractivity contribution in [2.24, 2.45) is 7.05 Å². The van der Waals surface area contributed by atoms with Crippen molar-refractivity contribution in [3.05, 3.63) is 32.9 Å². The molecule has 0 radical (unpaired) electrons. The Kier molecular flexibility index (Phi) is 4.70. The number of thiol groups is 1. The van der Waals surface area contributed by atoms with Crippen molar-refractivity contribution in [2.45, 2.75) is 5.16 Å². The van der Waals surface area contributed by atoms with E-state index in [0.29, 0.717) is 16.7 Å². The quantitative estimate of drug-likeness (QED) is 0.340. The maximum atomic E-state index is 11.0. The van der Waals surface area contributed by atoms with E-state index in [-0.39, 0.29) is 0 Å². The number of nitrogens with one attached hydrogen (secondary N) is 1. The summed E-state index contributed by atoms with van der Waals surface area (Å²) in [7, 11) is 1.64. The molecule has 0 spiro atoms. The second-order valence-electron chi connectivity index (χ2n) is 2.66. The van der Waals surface area contributed by atoms with Gasteiger partial charge in [-0.1, -0.05) is 23.9 Å². The molecule has 0 bridgehead atoms. The zero-order chi connectivity index (χ0) is 11.3. The van der Waals surface area contributed by atoms with Gasteiger partial charge >= 0.3 is 11.1 Å². The number of aryl methyl sites for hydroxylation is 1. The molecule has 0 aromatic carbocycles. The van der Waals surface area contributed by atoms with Crippen LogP contribution in [0.25, 0.3) is 0 Å². The maximum absolute atomic E-state index is 11.0. The summed E-state index contributed by atoms with van der Waals surface area (Å²) >= 11 is 5.39. The highest BCUT2D eigenvalue weighted by Gasteiger charge is 2.02. The summed E-state index contributed by atoms with van der Waals surface area (Å²) in [6, 6.07) is 0. The van der Waals surface area contributed by atoms with E-state index >= 15 is 0 Å². The average molecular weight is 245 g/mol. The number of hydrogen-bond acceptors (Lipinski definition) is 5. The van der Waals surface area contributed by atoms with Crippen molar-refractivity contribution in [3.8, 4) is 0 Å². The topological polar surface area (TPSA) is 67.8 Å². The molecule has 0 saturated carbocycles. The van der Waals surface area contributed by atoms with Crippen LogP contribution in [-0.4, -0.2) is 26.3 Å². The first kappa shape index (κ1) is 12.1. The van der Waals surface area contributed by atoms with E-state index in [4.69, 9.17) is 0 Å². The summed E-state index contributed by atoms with van der Waals surface area (Å²) in [4.78, 5) is 25.5. The highest BCUT2D eigenvalue weighted by Crippen LogP contribution is 2.10. The fraction of sp³-hybridized carbons (Fsp3) is 0.375. The van der Waals surface area contributed by atoms with E-state index in [0.717, 1.165) is 0 Å². The van der Waals surface area contributed by atoms with Gasteiger partial charge in [-0.25, -0.2) is 0 Å². The molecule has 0 saturated heterocycles. The molecular formula is C8H11N3O2S2. The van der Waals surface area contributed by atoms with Gasteiger partial charge in [-0.2, -0.15) is 17.6 Å². The summed E-state index contributed by atoms with van der Waals surface area (Å²) < 4.78 is 1.43. The minimum atomic E-state index is -0.756. The monoisotopic (exact) mass is 245 g/mol. The normalized spacial score (nSPS) is 11.1. The lowest BCUT2D eigenvalue weighted by Gasteiger charge is -2.03. The third-order valence-corrected chi connectivity index (χ3v) is 2.72. The van der Waals surface area contributed by atoms with Gasteiger partial charge in [0.25, 0.3) is 0 Å². The largest absolute Gasteiger partial charge is 0.339 e. The fourth-order valence-electron chi connectivity index (χ4n) is 0.855. The Balaban J connectivity index is 2.78. The number of thioether (sulfide) groups is 1. The first-order valence-electron chi connectivity index (χ1n) is 4.21. The summed E-state index contributed by atoms with van der Waals surface area (Å²) in [5, 5.41) is 2.86. The van der Waals surface area contributed by atoms with E-state index in [1.807, 2.05) is 12.2 Å². The lowest BCUT2D eigenvalue weighted by molar-refractivity contribution is 0.597. The van der Waals surface area contributed by atoms with Gasteiger partial charge in [0, 0.05) is 18.6 Å². The van der Waals surface area contributed by atoms with Crippen molar-refractivity contribution in [1.82, 2.24) is 14.8 Å². The molecule has 5 nitrogen and oxygen atoms in total. The van der Waals surface area contributed by atoms with Crippen LogP contribution in [0.2, 0.25) is 0 Å². The molecule has 1 N–H and O–H groups in total. The Morgan fingerprint density at radius 1 is 1.53 bits per heavy atom. The number of H-pyrrole nitrogens is 1. The highest BCUT2D eigenvalue weighted by molar-refractivity contribution is 7.99. The van der Waals surface area contributed by atoms with E-state index in [1.165, 1.54) is 16.4 Å². The minimum Gasteiger partial charge on any atom is -0.265 e. The van der Waals surface area contributed by atoms with Crippen molar-refractivity contribution < 1.29 is 0 Å². The van der Waals surface area contributed by atoms with Crippen LogP contribution in [0, 0.1) is 0 Å². The van der Waals surface area contributed by atoms with Crippen molar-refractivity contribution in [2.75, 3.05) is 11.5 Å². The lowest BCUT2D eigenvalue weighted by atomic mass is 10.6. The smallest absolute Gasteiger partial charge is 0.265 e. The number of aromatic nitrogens is 3. The van der Waals surface area contributed by atoms with Crippen molar-refractivity contribution in [3.63, 3.8) is 0 Å². The van der Waals surface area contributed by atoms with Gasteiger partial charge in [-0.05, 0) is 0 Å². The van der Waals surface area contributed by atoms with E-state index in [9.17, 15) is 9.59 Å². The Labute approximate surface area is 96.0 Å². The Hall–Kier alpha value is -0.950. The fourth-order valence-corrected chi connectivity index (χ4v) is 1.77. The zero-order valence-electron chi connectivity index (χ0n) is 8.14. The van der Waals surface area contributed by atoms with Crippen molar-refractivity contribution >= 4 is 24.4 Å². The van der Waals surface area contributed by atoms with Crippen LogP contribution in [0.4, 0.5) is 0 Å². The van der Waals surface area contributed by atoms with Crippen LogP contribution in [0.3, 0.4) is 0 Å². The van der Waals surface area contributed by atoms with E-state index < -0.39 is 11.1 Å². The van der Waals surface area contributed by atoms with Crippen LogP contribution in [-0.2, 0) is 7.05 Å². The standard InChI is InChI=1S/C8H11N3O2S2/c1-11-8(15-5-3-2-4-14)9-6(12)7(13)10-11/h2-3,14H,4-5H2,1H3,(H,10,13)/b3-2+.